The number of carboxylic acids is 1. The van der Waals surface area contributed by atoms with Crippen molar-refractivity contribution in [2.75, 3.05) is 7.05 Å². The van der Waals surface area contributed by atoms with Crippen LogP contribution in [0.15, 0.2) is 24.3 Å². The lowest BCUT2D eigenvalue weighted by Gasteiger charge is -2.25. The lowest BCUT2D eigenvalue weighted by molar-refractivity contribution is -0.144. The minimum Gasteiger partial charge on any atom is -0.481 e. The molecule has 1 aliphatic carbocycles. The predicted molar refractivity (Wildman–Crippen MR) is 76.2 cm³/mol. The number of nitrogens with one attached hydrogen (secondary N) is 1. The minimum absolute atomic E-state index is 0.0981. The molecule has 104 valence electrons. The van der Waals surface area contributed by atoms with Gasteiger partial charge in [0.1, 0.15) is 0 Å². The molecule has 1 saturated carbocycles. The fraction of sp³-hybridized carbons (Fsp3) is 0.562. The van der Waals surface area contributed by atoms with Crippen LogP contribution in [0.4, 0.5) is 0 Å². The van der Waals surface area contributed by atoms with Gasteiger partial charge in [-0.05, 0) is 36.4 Å². The van der Waals surface area contributed by atoms with Gasteiger partial charge in [-0.2, -0.15) is 0 Å². The monoisotopic (exact) mass is 261 g/mol. The molecule has 1 aromatic rings. The van der Waals surface area contributed by atoms with E-state index in [4.69, 9.17) is 0 Å². The molecule has 0 radical (unpaired) electrons. The highest BCUT2D eigenvalue weighted by molar-refractivity contribution is 5.79. The molecule has 1 aromatic carbocycles. The van der Waals surface area contributed by atoms with Crippen LogP contribution in [0.3, 0.4) is 0 Å². The maximum atomic E-state index is 11.4. The number of rotatable bonds is 4. The second kappa shape index (κ2) is 4.64. The Labute approximate surface area is 115 Å². The Bertz CT molecular complexity index is 467. The molecule has 1 aliphatic rings. The van der Waals surface area contributed by atoms with E-state index in [0.717, 1.165) is 18.4 Å². The molecule has 0 aliphatic heterocycles. The number of hydrogen-bond donors (Lipinski definition) is 2. The van der Waals surface area contributed by atoms with Crippen molar-refractivity contribution in [1.82, 2.24) is 5.32 Å². The first-order chi connectivity index (χ1) is 8.81. The van der Waals surface area contributed by atoms with Crippen molar-refractivity contribution in [1.29, 1.82) is 0 Å². The highest BCUT2D eigenvalue weighted by Gasteiger charge is 2.56. The zero-order chi connectivity index (χ0) is 14.3. The summed E-state index contributed by atoms with van der Waals surface area (Å²) in [7, 11) is 1.84. The quantitative estimate of drug-likeness (QED) is 0.875. The van der Waals surface area contributed by atoms with Gasteiger partial charge in [-0.1, -0.05) is 45.0 Å². The zero-order valence-electron chi connectivity index (χ0n) is 12.2. The van der Waals surface area contributed by atoms with Crippen LogP contribution in [0.2, 0.25) is 0 Å². The molecule has 3 heteroatoms. The van der Waals surface area contributed by atoms with Crippen LogP contribution in [0, 0.1) is 5.41 Å². The molecule has 0 aromatic heterocycles. The first kappa shape index (κ1) is 14.1. The van der Waals surface area contributed by atoms with Crippen molar-refractivity contribution in [2.24, 2.45) is 5.41 Å². The van der Waals surface area contributed by atoms with Crippen LogP contribution in [-0.2, 0) is 10.2 Å². The van der Waals surface area contributed by atoms with E-state index in [1.807, 2.05) is 7.05 Å². The Morgan fingerprint density at radius 2 is 1.79 bits per heavy atom. The first-order valence-electron chi connectivity index (χ1n) is 6.82. The van der Waals surface area contributed by atoms with Gasteiger partial charge in [0.15, 0.2) is 0 Å². The van der Waals surface area contributed by atoms with Crippen molar-refractivity contribution >= 4 is 5.97 Å². The van der Waals surface area contributed by atoms with E-state index in [1.54, 1.807) is 0 Å². The van der Waals surface area contributed by atoms with E-state index in [0.29, 0.717) is 0 Å². The molecule has 1 unspecified atom stereocenters. The highest BCUT2D eigenvalue weighted by Crippen LogP contribution is 2.55. The lowest BCUT2D eigenvalue weighted by Crippen LogP contribution is -2.32. The average molecular weight is 261 g/mol. The third kappa shape index (κ3) is 2.52. The fourth-order valence-electron chi connectivity index (χ4n) is 2.70. The average Bonchev–Trinajstić information content (AvgIpc) is 3.11. The van der Waals surface area contributed by atoms with Crippen LogP contribution >= 0.6 is 0 Å². The topological polar surface area (TPSA) is 49.3 Å². The van der Waals surface area contributed by atoms with Crippen LogP contribution in [0.5, 0.6) is 0 Å². The number of carbonyl (C=O) groups is 1. The van der Waals surface area contributed by atoms with E-state index in [9.17, 15) is 9.90 Å². The third-order valence-corrected chi connectivity index (χ3v) is 4.17. The maximum absolute atomic E-state index is 11.4. The number of carboxylic acid groups (broad SMARTS) is 1. The van der Waals surface area contributed by atoms with Crippen molar-refractivity contribution in [3.05, 3.63) is 35.4 Å². The van der Waals surface area contributed by atoms with Crippen molar-refractivity contribution < 1.29 is 9.90 Å². The van der Waals surface area contributed by atoms with Gasteiger partial charge >= 0.3 is 5.97 Å². The summed E-state index contributed by atoms with van der Waals surface area (Å²) in [5.74, 6) is -0.688. The van der Waals surface area contributed by atoms with Crippen LogP contribution in [0.1, 0.15) is 50.8 Å². The summed E-state index contributed by atoms with van der Waals surface area (Å²) in [6.45, 7) is 6.53. The largest absolute Gasteiger partial charge is 0.481 e. The fourth-order valence-corrected chi connectivity index (χ4v) is 2.70. The number of hydrogen-bond acceptors (Lipinski definition) is 2. The molecule has 0 saturated heterocycles. The van der Waals surface area contributed by atoms with Gasteiger partial charge in [0, 0.05) is 6.04 Å². The van der Waals surface area contributed by atoms with E-state index in [1.165, 1.54) is 5.56 Å². The molecule has 0 heterocycles. The van der Waals surface area contributed by atoms with Crippen LogP contribution in [-0.4, -0.2) is 18.1 Å². The van der Waals surface area contributed by atoms with Gasteiger partial charge in [-0.25, -0.2) is 0 Å². The Morgan fingerprint density at radius 1 is 1.26 bits per heavy atom. The standard InChI is InChI=1S/C16H23NO2/c1-15(2,3)12-7-5-11(6-8-12)13(17-4)16(9-10-16)14(18)19/h5-8,13,17H,9-10H2,1-4H3,(H,18,19). The van der Waals surface area contributed by atoms with Crippen molar-refractivity contribution in [3.63, 3.8) is 0 Å². The van der Waals surface area contributed by atoms with Gasteiger partial charge in [-0.3, -0.25) is 4.79 Å². The Morgan fingerprint density at radius 3 is 2.11 bits per heavy atom. The molecule has 0 amide bonds. The second-order valence-electron chi connectivity index (χ2n) is 6.55. The highest BCUT2D eigenvalue weighted by atomic mass is 16.4. The van der Waals surface area contributed by atoms with Crippen molar-refractivity contribution in [3.8, 4) is 0 Å². The summed E-state index contributed by atoms with van der Waals surface area (Å²) in [6, 6.07) is 8.24. The van der Waals surface area contributed by atoms with Crippen molar-refractivity contribution in [2.45, 2.75) is 45.1 Å². The molecular formula is C16H23NO2. The third-order valence-electron chi connectivity index (χ3n) is 4.17. The van der Waals surface area contributed by atoms with Crippen LogP contribution < -0.4 is 5.32 Å². The Kier molecular flexibility index (Phi) is 3.43. The summed E-state index contributed by atoms with van der Waals surface area (Å²) in [6.07, 6.45) is 1.52. The smallest absolute Gasteiger partial charge is 0.311 e. The second-order valence-corrected chi connectivity index (χ2v) is 6.55. The van der Waals surface area contributed by atoms with Gasteiger partial charge in [0.05, 0.1) is 5.41 Å². The molecule has 2 rings (SSSR count). The number of benzene rings is 1. The molecular weight excluding hydrogens is 238 g/mol. The normalized spacial score (nSPS) is 18.9. The Balaban J connectivity index is 2.28. The van der Waals surface area contributed by atoms with E-state index in [-0.39, 0.29) is 11.5 Å². The molecule has 3 nitrogen and oxygen atoms in total. The van der Waals surface area contributed by atoms with Gasteiger partial charge in [-0.15, -0.1) is 0 Å². The SMILES string of the molecule is CNC(c1ccc(C(C)(C)C)cc1)C1(C(=O)O)CC1. The van der Waals surface area contributed by atoms with Gasteiger partial charge in [0.25, 0.3) is 0 Å². The molecule has 1 atom stereocenters. The summed E-state index contributed by atoms with van der Waals surface area (Å²) >= 11 is 0. The van der Waals surface area contributed by atoms with E-state index in [2.05, 4.69) is 50.4 Å². The molecule has 1 fully saturated rings. The maximum Gasteiger partial charge on any atom is 0.311 e. The molecule has 0 bridgehead atoms. The Hall–Kier alpha value is -1.35. The molecule has 19 heavy (non-hydrogen) atoms. The summed E-state index contributed by atoms with van der Waals surface area (Å²) < 4.78 is 0. The summed E-state index contributed by atoms with van der Waals surface area (Å²) in [5.41, 5.74) is 1.86. The predicted octanol–water partition coefficient (Wildman–Crippen LogP) is 3.11. The minimum atomic E-state index is -0.688. The summed E-state index contributed by atoms with van der Waals surface area (Å²) in [5, 5.41) is 12.6. The van der Waals surface area contributed by atoms with E-state index >= 15 is 0 Å². The summed E-state index contributed by atoms with van der Waals surface area (Å²) in [4.78, 5) is 11.4. The molecule has 0 spiro atoms. The lowest BCUT2D eigenvalue weighted by atomic mass is 9.84. The van der Waals surface area contributed by atoms with Gasteiger partial charge in [0.2, 0.25) is 0 Å². The zero-order valence-corrected chi connectivity index (χ0v) is 12.2. The van der Waals surface area contributed by atoms with Crippen LogP contribution in [0.25, 0.3) is 0 Å². The molecule has 2 N–H and O–H groups in total. The van der Waals surface area contributed by atoms with E-state index < -0.39 is 11.4 Å². The van der Waals surface area contributed by atoms with Gasteiger partial charge < -0.3 is 10.4 Å². The first-order valence-corrected chi connectivity index (χ1v) is 6.82. The number of aliphatic carboxylic acids is 1.